The Balaban J connectivity index is 2.10. The first-order chi connectivity index (χ1) is 6.88. The summed E-state index contributed by atoms with van der Waals surface area (Å²) in [4.78, 5) is 11.3. The smallest absolute Gasteiger partial charge is 0.407 e. The molecule has 0 amide bonds. The van der Waals surface area contributed by atoms with E-state index in [1.54, 1.807) is 0 Å². The van der Waals surface area contributed by atoms with Crippen LogP contribution in [0.15, 0.2) is 0 Å². The molecule has 7 heteroatoms. The molecule has 0 radical (unpaired) electrons. The lowest BCUT2D eigenvalue weighted by Crippen LogP contribution is -2.51. The first kappa shape index (κ1) is 9.41. The van der Waals surface area contributed by atoms with Gasteiger partial charge in [0.1, 0.15) is 12.2 Å². The third kappa shape index (κ3) is 0.807. The van der Waals surface area contributed by atoms with E-state index < -0.39 is 48.4 Å². The number of rotatable bonds is 0. The van der Waals surface area contributed by atoms with Gasteiger partial charge >= 0.3 is 12.1 Å². The molecule has 3 rings (SSSR count). The monoisotopic (exact) mass is 224 g/mol. The molecule has 5 atom stereocenters. The number of carbonyl (C=O) groups is 1. The number of aliphatic hydroxyl groups excluding tert-OH is 1. The van der Waals surface area contributed by atoms with Crippen LogP contribution in [-0.2, 0) is 14.3 Å². The van der Waals surface area contributed by atoms with Crippen LogP contribution in [0.4, 0.5) is 13.2 Å². The predicted octanol–water partition coefficient (Wildman–Crippen LogP) is -0.00750. The van der Waals surface area contributed by atoms with Crippen molar-refractivity contribution in [2.45, 2.75) is 37.0 Å². The molecular formula is C8H7F3O4. The van der Waals surface area contributed by atoms with Crippen LogP contribution in [0.3, 0.4) is 0 Å². The van der Waals surface area contributed by atoms with Crippen LogP contribution in [0.2, 0.25) is 0 Å². The molecule has 84 valence electrons. The zero-order chi connectivity index (χ0) is 11.0. The summed E-state index contributed by atoms with van der Waals surface area (Å²) >= 11 is 0. The van der Waals surface area contributed by atoms with Crippen LogP contribution in [-0.4, -0.2) is 41.7 Å². The molecular weight excluding hydrogens is 217 g/mol. The summed E-state index contributed by atoms with van der Waals surface area (Å²) in [6.07, 6.45) is -9.80. The highest BCUT2D eigenvalue weighted by Gasteiger charge is 2.81. The van der Waals surface area contributed by atoms with Crippen LogP contribution in [0.1, 0.15) is 6.42 Å². The van der Waals surface area contributed by atoms with Crippen molar-refractivity contribution < 1.29 is 32.5 Å². The van der Waals surface area contributed by atoms with E-state index >= 15 is 0 Å². The molecule has 15 heavy (non-hydrogen) atoms. The number of hydrogen-bond donors (Lipinski definition) is 1. The van der Waals surface area contributed by atoms with Crippen LogP contribution in [0, 0.1) is 5.41 Å². The molecule has 3 aliphatic rings. The maximum absolute atomic E-state index is 12.8. The van der Waals surface area contributed by atoms with Crippen LogP contribution in [0.5, 0.6) is 0 Å². The Bertz CT molecular complexity index is 341. The van der Waals surface area contributed by atoms with Crippen LogP contribution < -0.4 is 0 Å². The average molecular weight is 224 g/mol. The van der Waals surface area contributed by atoms with Gasteiger partial charge in [0, 0.05) is 6.42 Å². The first-order valence-corrected chi connectivity index (χ1v) is 4.49. The Kier molecular flexibility index (Phi) is 1.44. The van der Waals surface area contributed by atoms with Crippen molar-refractivity contribution in [3.8, 4) is 0 Å². The molecule has 5 unspecified atom stereocenters. The van der Waals surface area contributed by atoms with Gasteiger partial charge in [0.15, 0.2) is 11.5 Å². The third-order valence-electron chi connectivity index (χ3n) is 3.46. The number of ether oxygens (including phenoxy) is 2. The van der Waals surface area contributed by atoms with E-state index in [4.69, 9.17) is 4.74 Å². The topological polar surface area (TPSA) is 55.8 Å². The maximum atomic E-state index is 12.8. The fourth-order valence-electron chi connectivity index (χ4n) is 2.69. The summed E-state index contributed by atoms with van der Waals surface area (Å²) in [5.74, 6) is -1.32. The number of carbonyl (C=O) groups excluding carboxylic acids is 1. The van der Waals surface area contributed by atoms with E-state index in [0.29, 0.717) is 0 Å². The minimum Gasteiger partial charge on any atom is -0.456 e. The minimum atomic E-state index is -4.68. The second kappa shape index (κ2) is 2.30. The Morgan fingerprint density at radius 1 is 1.47 bits per heavy atom. The molecule has 0 aromatic heterocycles. The second-order valence-corrected chi connectivity index (χ2v) is 4.13. The summed E-state index contributed by atoms with van der Waals surface area (Å²) in [7, 11) is 0. The van der Waals surface area contributed by atoms with Crippen molar-refractivity contribution in [2.75, 3.05) is 0 Å². The van der Waals surface area contributed by atoms with Gasteiger partial charge in [0.05, 0.1) is 6.10 Å². The van der Waals surface area contributed by atoms with Crippen molar-refractivity contribution in [1.29, 1.82) is 0 Å². The number of fused-ring (bicyclic) bond motifs is 1. The molecule has 0 aromatic rings. The maximum Gasteiger partial charge on any atom is 0.407 e. The Morgan fingerprint density at radius 2 is 2.13 bits per heavy atom. The van der Waals surface area contributed by atoms with Crippen molar-refractivity contribution >= 4 is 5.97 Å². The number of alkyl halides is 3. The van der Waals surface area contributed by atoms with E-state index in [-0.39, 0.29) is 0 Å². The third-order valence-corrected chi connectivity index (χ3v) is 3.46. The van der Waals surface area contributed by atoms with Gasteiger partial charge in [-0.15, -0.1) is 0 Å². The molecule has 0 aromatic carbocycles. The van der Waals surface area contributed by atoms with Gasteiger partial charge in [-0.2, -0.15) is 13.2 Å². The number of halogens is 3. The Labute approximate surface area is 82.0 Å². The fourth-order valence-corrected chi connectivity index (χ4v) is 2.69. The predicted molar refractivity (Wildman–Crippen MR) is 37.7 cm³/mol. The standard InChI is InChI=1S/C8H7F3O4/c9-8(10,11)7-1-2-3(12)4(5(7)14-2)15-6(7)13/h2-5,12H,1H2. The molecule has 3 fully saturated rings. The van der Waals surface area contributed by atoms with Gasteiger partial charge in [0.2, 0.25) is 0 Å². The van der Waals surface area contributed by atoms with Gasteiger partial charge in [-0.05, 0) is 0 Å². The Morgan fingerprint density at radius 3 is 2.67 bits per heavy atom. The highest BCUT2D eigenvalue weighted by molar-refractivity contribution is 5.83. The summed E-state index contributed by atoms with van der Waals surface area (Å²) in [6.45, 7) is 0. The summed E-state index contributed by atoms with van der Waals surface area (Å²) < 4.78 is 48.0. The highest BCUT2D eigenvalue weighted by Crippen LogP contribution is 2.61. The molecule has 3 saturated heterocycles. The van der Waals surface area contributed by atoms with E-state index in [9.17, 15) is 23.1 Å². The Hall–Kier alpha value is -0.820. The molecule has 0 spiro atoms. The summed E-state index contributed by atoms with van der Waals surface area (Å²) in [5, 5.41) is 9.43. The molecule has 0 aliphatic carbocycles. The van der Waals surface area contributed by atoms with Crippen molar-refractivity contribution in [3.63, 3.8) is 0 Å². The molecule has 2 bridgehead atoms. The minimum absolute atomic E-state index is 0.530. The molecule has 4 nitrogen and oxygen atoms in total. The molecule has 3 aliphatic heterocycles. The summed E-state index contributed by atoms with van der Waals surface area (Å²) in [6, 6.07) is 0. The molecule has 3 heterocycles. The largest absolute Gasteiger partial charge is 0.456 e. The van der Waals surface area contributed by atoms with Crippen molar-refractivity contribution in [1.82, 2.24) is 0 Å². The van der Waals surface area contributed by atoms with E-state index in [2.05, 4.69) is 4.74 Å². The average Bonchev–Trinajstić information content (AvgIpc) is 2.66. The fraction of sp³-hybridized carbons (Fsp3) is 0.875. The number of esters is 1. The lowest BCUT2D eigenvalue weighted by atomic mass is 9.73. The quantitative estimate of drug-likeness (QED) is 0.588. The van der Waals surface area contributed by atoms with Gasteiger partial charge in [-0.25, -0.2) is 0 Å². The van der Waals surface area contributed by atoms with Crippen LogP contribution >= 0.6 is 0 Å². The number of hydrogen-bond acceptors (Lipinski definition) is 4. The van der Waals surface area contributed by atoms with E-state index in [1.807, 2.05) is 0 Å². The first-order valence-electron chi connectivity index (χ1n) is 4.49. The van der Waals surface area contributed by atoms with Crippen molar-refractivity contribution in [3.05, 3.63) is 0 Å². The van der Waals surface area contributed by atoms with Gasteiger partial charge in [0.25, 0.3) is 0 Å². The lowest BCUT2D eigenvalue weighted by molar-refractivity contribution is -0.228. The van der Waals surface area contributed by atoms with E-state index in [1.165, 1.54) is 0 Å². The van der Waals surface area contributed by atoms with E-state index in [0.717, 1.165) is 0 Å². The molecule has 1 N–H and O–H groups in total. The SMILES string of the molecule is O=C1OC2C(O)C3CC1(C(F)(F)F)C2O3. The zero-order valence-electron chi connectivity index (χ0n) is 7.32. The normalized spacial score (nSPS) is 52.4. The van der Waals surface area contributed by atoms with Crippen LogP contribution in [0.25, 0.3) is 0 Å². The second-order valence-electron chi connectivity index (χ2n) is 4.13. The molecule has 0 saturated carbocycles. The highest BCUT2D eigenvalue weighted by atomic mass is 19.4. The summed E-state index contributed by atoms with van der Waals surface area (Å²) in [5.41, 5.74) is -2.54. The van der Waals surface area contributed by atoms with Gasteiger partial charge in [-0.1, -0.05) is 0 Å². The lowest BCUT2D eigenvalue weighted by Gasteiger charge is -2.28. The van der Waals surface area contributed by atoms with Crippen molar-refractivity contribution in [2.24, 2.45) is 5.41 Å². The number of aliphatic hydroxyl groups is 1. The van der Waals surface area contributed by atoms with Gasteiger partial charge in [-0.3, -0.25) is 4.79 Å². The van der Waals surface area contributed by atoms with Gasteiger partial charge < -0.3 is 14.6 Å². The zero-order valence-corrected chi connectivity index (χ0v) is 7.32.